The zero-order valence-electron chi connectivity index (χ0n) is 7.59. The normalized spacial score (nSPS) is 9.50. The minimum Gasteiger partial charge on any atom is -0.399 e. The highest BCUT2D eigenvalue weighted by Crippen LogP contribution is 2.06. The van der Waals surface area contributed by atoms with Gasteiger partial charge in [0, 0.05) is 22.3 Å². The Hall–Kier alpha value is -1.29. The van der Waals surface area contributed by atoms with Gasteiger partial charge in [-0.05, 0) is 18.2 Å². The van der Waals surface area contributed by atoms with Gasteiger partial charge in [0.05, 0.1) is 0 Å². The number of carbonyl (C=O) groups excluding carboxylic acids is 1. The molecule has 4 heteroatoms. The molecule has 74 valence electrons. The van der Waals surface area contributed by atoms with Gasteiger partial charge in [0.1, 0.15) is 0 Å². The average Bonchev–Trinajstić information content (AvgIpc) is 2.14. The standard InChI is InChI=1S/C10H11BrN2O/c1-7(11)6-13-10(14)8-3-2-4-9(12)5-8/h2-5H,1,6,12H2,(H,13,14). The topological polar surface area (TPSA) is 55.1 Å². The van der Waals surface area contributed by atoms with Gasteiger partial charge in [-0.2, -0.15) is 0 Å². The number of benzene rings is 1. The van der Waals surface area contributed by atoms with E-state index in [9.17, 15) is 4.79 Å². The quantitative estimate of drug-likeness (QED) is 0.810. The van der Waals surface area contributed by atoms with Crippen LogP contribution >= 0.6 is 15.9 Å². The maximum absolute atomic E-state index is 11.5. The Morgan fingerprint density at radius 1 is 1.57 bits per heavy atom. The first-order chi connectivity index (χ1) is 6.59. The molecule has 0 saturated heterocycles. The summed E-state index contributed by atoms with van der Waals surface area (Å²) in [6.45, 7) is 4.03. The van der Waals surface area contributed by atoms with Crippen molar-refractivity contribution in [3.63, 3.8) is 0 Å². The van der Waals surface area contributed by atoms with Crippen LogP contribution in [0.15, 0.2) is 35.3 Å². The number of halogens is 1. The Balaban J connectivity index is 2.65. The highest BCUT2D eigenvalue weighted by molar-refractivity contribution is 9.11. The minimum atomic E-state index is -0.155. The van der Waals surface area contributed by atoms with Gasteiger partial charge in [0.15, 0.2) is 0 Å². The van der Waals surface area contributed by atoms with E-state index in [4.69, 9.17) is 5.73 Å². The lowest BCUT2D eigenvalue weighted by molar-refractivity contribution is 0.0958. The number of hydrogen-bond donors (Lipinski definition) is 2. The molecule has 0 aromatic heterocycles. The van der Waals surface area contributed by atoms with Crippen LogP contribution in [0.2, 0.25) is 0 Å². The Bertz CT molecular complexity index is 363. The second kappa shape index (κ2) is 4.81. The van der Waals surface area contributed by atoms with E-state index >= 15 is 0 Å². The van der Waals surface area contributed by atoms with E-state index in [1.807, 2.05) is 0 Å². The summed E-state index contributed by atoms with van der Waals surface area (Å²) in [6, 6.07) is 6.82. The van der Waals surface area contributed by atoms with Crippen molar-refractivity contribution < 1.29 is 4.79 Å². The van der Waals surface area contributed by atoms with E-state index in [2.05, 4.69) is 27.8 Å². The van der Waals surface area contributed by atoms with Crippen LogP contribution in [0.5, 0.6) is 0 Å². The molecule has 0 spiro atoms. The number of hydrogen-bond acceptors (Lipinski definition) is 2. The van der Waals surface area contributed by atoms with Crippen LogP contribution < -0.4 is 11.1 Å². The van der Waals surface area contributed by atoms with Crippen molar-refractivity contribution in [3.05, 3.63) is 40.9 Å². The molecule has 1 aromatic carbocycles. The van der Waals surface area contributed by atoms with Gasteiger partial charge in [0.25, 0.3) is 5.91 Å². The molecule has 1 rings (SSSR count). The van der Waals surface area contributed by atoms with Crippen molar-refractivity contribution in [1.29, 1.82) is 0 Å². The Morgan fingerprint density at radius 2 is 2.29 bits per heavy atom. The number of anilines is 1. The largest absolute Gasteiger partial charge is 0.399 e. The number of nitrogens with two attached hydrogens (primary N) is 1. The lowest BCUT2D eigenvalue weighted by Gasteiger charge is -2.04. The molecule has 0 aliphatic heterocycles. The SMILES string of the molecule is C=C(Br)CNC(=O)c1cccc(N)c1. The molecule has 0 unspecified atom stereocenters. The van der Waals surface area contributed by atoms with Crippen LogP contribution in [-0.4, -0.2) is 12.5 Å². The summed E-state index contributed by atoms with van der Waals surface area (Å²) in [5.41, 5.74) is 6.68. The molecular formula is C10H11BrN2O. The van der Waals surface area contributed by atoms with Gasteiger partial charge in [-0.1, -0.05) is 28.6 Å². The van der Waals surface area contributed by atoms with E-state index in [0.717, 1.165) is 4.48 Å². The van der Waals surface area contributed by atoms with Crippen LogP contribution in [0.1, 0.15) is 10.4 Å². The predicted molar refractivity (Wildman–Crippen MR) is 61.3 cm³/mol. The van der Waals surface area contributed by atoms with Gasteiger partial charge < -0.3 is 11.1 Å². The monoisotopic (exact) mass is 254 g/mol. The second-order valence-corrected chi connectivity index (χ2v) is 3.95. The van der Waals surface area contributed by atoms with Gasteiger partial charge in [0.2, 0.25) is 0 Å². The number of nitrogen functional groups attached to an aromatic ring is 1. The molecule has 3 N–H and O–H groups in total. The fourth-order valence-corrected chi connectivity index (χ4v) is 1.10. The van der Waals surface area contributed by atoms with E-state index in [0.29, 0.717) is 17.8 Å². The summed E-state index contributed by atoms with van der Waals surface area (Å²) in [5.74, 6) is -0.155. The first kappa shape index (κ1) is 10.8. The van der Waals surface area contributed by atoms with Gasteiger partial charge in [-0.3, -0.25) is 4.79 Å². The fraction of sp³-hybridized carbons (Fsp3) is 0.100. The lowest BCUT2D eigenvalue weighted by atomic mass is 10.2. The van der Waals surface area contributed by atoms with Crippen LogP contribution in [0.3, 0.4) is 0 Å². The molecule has 1 amide bonds. The zero-order valence-corrected chi connectivity index (χ0v) is 9.17. The summed E-state index contributed by atoms with van der Waals surface area (Å²) in [4.78, 5) is 11.5. The second-order valence-electron chi connectivity index (χ2n) is 2.83. The van der Waals surface area contributed by atoms with Gasteiger partial charge >= 0.3 is 0 Å². The van der Waals surface area contributed by atoms with Crippen molar-refractivity contribution >= 4 is 27.5 Å². The number of nitrogens with one attached hydrogen (secondary N) is 1. The Morgan fingerprint density at radius 3 is 2.86 bits per heavy atom. The van der Waals surface area contributed by atoms with Crippen molar-refractivity contribution in [2.45, 2.75) is 0 Å². The van der Waals surface area contributed by atoms with Crippen LogP contribution in [0.25, 0.3) is 0 Å². The molecule has 1 aromatic rings. The molecule has 0 saturated carbocycles. The van der Waals surface area contributed by atoms with Crippen molar-refractivity contribution in [1.82, 2.24) is 5.32 Å². The summed E-state index contributed by atoms with van der Waals surface area (Å²) in [7, 11) is 0. The molecule has 0 radical (unpaired) electrons. The summed E-state index contributed by atoms with van der Waals surface area (Å²) in [5, 5.41) is 2.68. The summed E-state index contributed by atoms with van der Waals surface area (Å²) >= 11 is 3.16. The van der Waals surface area contributed by atoms with E-state index in [-0.39, 0.29) is 5.91 Å². The third-order valence-electron chi connectivity index (χ3n) is 1.59. The minimum absolute atomic E-state index is 0.155. The molecular weight excluding hydrogens is 244 g/mol. The predicted octanol–water partition coefficient (Wildman–Crippen LogP) is 1.91. The van der Waals surface area contributed by atoms with Gasteiger partial charge in [-0.25, -0.2) is 0 Å². The third kappa shape index (κ3) is 3.22. The van der Waals surface area contributed by atoms with Crippen LogP contribution in [0.4, 0.5) is 5.69 Å². The Kier molecular flexibility index (Phi) is 3.71. The fourth-order valence-electron chi connectivity index (χ4n) is 0.958. The third-order valence-corrected chi connectivity index (χ3v) is 1.87. The van der Waals surface area contributed by atoms with Crippen LogP contribution in [-0.2, 0) is 0 Å². The molecule has 0 fully saturated rings. The molecule has 3 nitrogen and oxygen atoms in total. The van der Waals surface area contributed by atoms with Gasteiger partial charge in [-0.15, -0.1) is 0 Å². The van der Waals surface area contributed by atoms with E-state index < -0.39 is 0 Å². The first-order valence-electron chi connectivity index (χ1n) is 4.06. The van der Waals surface area contributed by atoms with Crippen molar-refractivity contribution in [3.8, 4) is 0 Å². The molecule has 0 bridgehead atoms. The smallest absolute Gasteiger partial charge is 0.251 e. The highest BCUT2D eigenvalue weighted by atomic mass is 79.9. The molecule has 0 aliphatic rings. The summed E-state index contributed by atoms with van der Waals surface area (Å²) in [6.07, 6.45) is 0. The van der Waals surface area contributed by atoms with Crippen molar-refractivity contribution in [2.24, 2.45) is 0 Å². The van der Waals surface area contributed by atoms with Crippen LogP contribution in [0, 0.1) is 0 Å². The van der Waals surface area contributed by atoms with E-state index in [1.54, 1.807) is 24.3 Å². The Labute approximate surface area is 91.1 Å². The van der Waals surface area contributed by atoms with E-state index in [1.165, 1.54) is 0 Å². The lowest BCUT2D eigenvalue weighted by Crippen LogP contribution is -2.24. The molecule has 0 atom stereocenters. The average molecular weight is 255 g/mol. The number of carbonyl (C=O) groups is 1. The highest BCUT2D eigenvalue weighted by Gasteiger charge is 2.04. The first-order valence-corrected chi connectivity index (χ1v) is 4.86. The molecule has 14 heavy (non-hydrogen) atoms. The number of rotatable bonds is 3. The van der Waals surface area contributed by atoms with Crippen molar-refractivity contribution in [2.75, 3.05) is 12.3 Å². The number of amides is 1. The molecule has 0 heterocycles. The molecule has 0 aliphatic carbocycles. The summed E-state index contributed by atoms with van der Waals surface area (Å²) < 4.78 is 0.731. The maximum Gasteiger partial charge on any atom is 0.251 e. The maximum atomic E-state index is 11.5. The zero-order chi connectivity index (χ0) is 10.6.